The number of hydrogen-bond donors (Lipinski definition) is 1. The maximum absolute atomic E-state index is 5.94. The Morgan fingerprint density at radius 3 is 2.38 bits per heavy atom. The first kappa shape index (κ1) is 17.9. The van der Waals surface area contributed by atoms with Crippen LogP contribution in [-0.2, 0) is 0 Å². The minimum atomic E-state index is 0.194. The van der Waals surface area contributed by atoms with Crippen LogP contribution >= 0.6 is 31.9 Å². The molecule has 0 bridgehead atoms. The van der Waals surface area contributed by atoms with Crippen LogP contribution in [0.2, 0.25) is 0 Å². The van der Waals surface area contributed by atoms with Crippen LogP contribution in [0.25, 0.3) is 0 Å². The molecular weight excluding hydrogens is 432 g/mol. The van der Waals surface area contributed by atoms with Gasteiger partial charge in [0.2, 0.25) is 0 Å². The molecule has 1 aliphatic rings. The number of piperazine rings is 1. The predicted octanol–water partition coefficient (Wildman–Crippen LogP) is 4.60. The van der Waals surface area contributed by atoms with Crippen molar-refractivity contribution >= 4 is 31.9 Å². The third-order valence-corrected chi connectivity index (χ3v) is 5.29. The number of ether oxygens (including phenoxy) is 1. The average molecular weight is 454 g/mol. The second kappa shape index (κ2) is 8.48. The maximum atomic E-state index is 5.94. The van der Waals surface area contributed by atoms with Crippen molar-refractivity contribution in [2.45, 2.75) is 13.0 Å². The lowest BCUT2D eigenvalue weighted by Gasteiger charge is -2.36. The van der Waals surface area contributed by atoms with E-state index in [1.54, 1.807) is 0 Å². The molecule has 1 unspecified atom stereocenters. The summed E-state index contributed by atoms with van der Waals surface area (Å²) < 4.78 is 8.12. The zero-order valence-corrected chi connectivity index (χ0v) is 16.9. The summed E-state index contributed by atoms with van der Waals surface area (Å²) >= 11 is 7.17. The lowest BCUT2D eigenvalue weighted by Crippen LogP contribution is -2.45. The molecule has 1 saturated heterocycles. The van der Waals surface area contributed by atoms with Crippen molar-refractivity contribution < 1.29 is 4.74 Å². The first-order valence-electron chi connectivity index (χ1n) is 8.31. The van der Waals surface area contributed by atoms with Crippen LogP contribution in [0.4, 0.5) is 0 Å². The van der Waals surface area contributed by atoms with Gasteiger partial charge < -0.3 is 10.1 Å². The Morgan fingerprint density at radius 2 is 1.71 bits per heavy atom. The minimum absolute atomic E-state index is 0.194. The molecular formula is C19H22Br2N2O. The summed E-state index contributed by atoms with van der Waals surface area (Å²) in [4.78, 5) is 2.53. The van der Waals surface area contributed by atoms with E-state index in [1.807, 2.05) is 13.0 Å². The first-order valence-corrected chi connectivity index (χ1v) is 9.90. The molecule has 1 heterocycles. The molecule has 0 aromatic heterocycles. The average Bonchev–Trinajstić information content (AvgIpc) is 2.60. The van der Waals surface area contributed by atoms with Gasteiger partial charge in [0.1, 0.15) is 5.75 Å². The molecule has 3 rings (SSSR count). The lowest BCUT2D eigenvalue weighted by atomic mass is 9.95. The summed E-state index contributed by atoms with van der Waals surface area (Å²) in [6, 6.07) is 15.1. The van der Waals surface area contributed by atoms with E-state index in [4.69, 9.17) is 4.74 Å². The Balaban J connectivity index is 2.06. The number of halogens is 2. The Hall–Kier alpha value is -0.880. The Bertz CT molecular complexity index is 670. The normalized spacial score (nSPS) is 16.8. The quantitative estimate of drug-likeness (QED) is 0.715. The summed E-state index contributed by atoms with van der Waals surface area (Å²) in [7, 11) is 0. The van der Waals surface area contributed by atoms with E-state index in [-0.39, 0.29) is 6.04 Å². The highest BCUT2D eigenvalue weighted by atomic mass is 79.9. The van der Waals surface area contributed by atoms with Gasteiger partial charge in [-0.2, -0.15) is 0 Å². The van der Waals surface area contributed by atoms with Gasteiger partial charge in [0.25, 0.3) is 0 Å². The van der Waals surface area contributed by atoms with Crippen LogP contribution in [0.15, 0.2) is 51.4 Å². The fourth-order valence-electron chi connectivity index (χ4n) is 3.19. The molecule has 1 fully saturated rings. The molecule has 5 heteroatoms. The maximum Gasteiger partial charge on any atom is 0.124 e. The van der Waals surface area contributed by atoms with E-state index in [2.05, 4.69) is 78.5 Å². The van der Waals surface area contributed by atoms with E-state index in [9.17, 15) is 0 Å². The van der Waals surface area contributed by atoms with Gasteiger partial charge in [-0.25, -0.2) is 0 Å². The highest BCUT2D eigenvalue weighted by molar-refractivity contribution is 9.10. The van der Waals surface area contributed by atoms with Gasteiger partial charge in [-0.05, 0) is 42.8 Å². The van der Waals surface area contributed by atoms with E-state index >= 15 is 0 Å². The van der Waals surface area contributed by atoms with Gasteiger partial charge in [0, 0.05) is 40.7 Å². The van der Waals surface area contributed by atoms with Gasteiger partial charge in [-0.1, -0.05) is 44.0 Å². The summed E-state index contributed by atoms with van der Waals surface area (Å²) in [6.45, 7) is 6.79. The van der Waals surface area contributed by atoms with Crippen molar-refractivity contribution in [3.05, 3.63) is 62.5 Å². The molecule has 2 aromatic carbocycles. The van der Waals surface area contributed by atoms with Crippen LogP contribution in [0, 0.1) is 0 Å². The van der Waals surface area contributed by atoms with Crippen molar-refractivity contribution in [3.63, 3.8) is 0 Å². The van der Waals surface area contributed by atoms with Gasteiger partial charge in [-0.15, -0.1) is 0 Å². The number of rotatable bonds is 5. The monoisotopic (exact) mass is 452 g/mol. The standard InChI is InChI=1S/C19H22Br2N2O/c1-2-24-18-8-7-16(21)13-17(18)19(23-11-9-22-10-12-23)14-3-5-15(20)6-4-14/h3-8,13,19,22H,2,9-12H2,1H3. The minimum Gasteiger partial charge on any atom is -0.494 e. The Labute approximate surface area is 160 Å². The molecule has 24 heavy (non-hydrogen) atoms. The molecule has 1 N–H and O–H groups in total. The zero-order chi connectivity index (χ0) is 16.9. The zero-order valence-electron chi connectivity index (χ0n) is 13.8. The van der Waals surface area contributed by atoms with Crippen LogP contribution in [0.1, 0.15) is 24.1 Å². The molecule has 0 radical (unpaired) electrons. The predicted molar refractivity (Wildman–Crippen MR) is 106 cm³/mol. The molecule has 1 atom stereocenters. The van der Waals surface area contributed by atoms with Crippen molar-refractivity contribution in [2.75, 3.05) is 32.8 Å². The summed E-state index contributed by atoms with van der Waals surface area (Å²) in [6.07, 6.45) is 0. The second-order valence-electron chi connectivity index (χ2n) is 5.86. The number of benzene rings is 2. The van der Waals surface area contributed by atoms with Crippen molar-refractivity contribution in [2.24, 2.45) is 0 Å². The smallest absolute Gasteiger partial charge is 0.124 e. The topological polar surface area (TPSA) is 24.5 Å². The largest absolute Gasteiger partial charge is 0.494 e. The molecule has 0 aliphatic carbocycles. The van der Waals surface area contributed by atoms with E-state index < -0.39 is 0 Å². The van der Waals surface area contributed by atoms with Crippen molar-refractivity contribution in [1.29, 1.82) is 0 Å². The molecule has 3 nitrogen and oxygen atoms in total. The number of hydrogen-bond acceptors (Lipinski definition) is 3. The Kier molecular flexibility index (Phi) is 6.33. The highest BCUT2D eigenvalue weighted by Crippen LogP contribution is 2.37. The summed E-state index contributed by atoms with van der Waals surface area (Å²) in [5.74, 6) is 0.965. The third-order valence-electron chi connectivity index (χ3n) is 4.27. The van der Waals surface area contributed by atoms with Crippen LogP contribution in [0.5, 0.6) is 5.75 Å². The molecule has 128 valence electrons. The van der Waals surface area contributed by atoms with Gasteiger partial charge in [0.05, 0.1) is 12.6 Å². The SMILES string of the molecule is CCOc1ccc(Br)cc1C(c1ccc(Br)cc1)N1CCNCC1. The fourth-order valence-corrected chi connectivity index (χ4v) is 3.84. The van der Waals surface area contributed by atoms with Crippen molar-refractivity contribution in [3.8, 4) is 5.75 Å². The molecule has 2 aromatic rings. The van der Waals surface area contributed by atoms with E-state index in [0.717, 1.165) is 40.9 Å². The van der Waals surface area contributed by atoms with Gasteiger partial charge in [-0.3, -0.25) is 4.90 Å². The first-order chi connectivity index (χ1) is 11.7. The summed E-state index contributed by atoms with van der Waals surface area (Å²) in [5.41, 5.74) is 2.51. The van der Waals surface area contributed by atoms with Crippen molar-refractivity contribution in [1.82, 2.24) is 10.2 Å². The molecule has 1 aliphatic heterocycles. The third kappa shape index (κ3) is 4.20. The highest BCUT2D eigenvalue weighted by Gasteiger charge is 2.26. The molecule has 0 spiro atoms. The lowest BCUT2D eigenvalue weighted by molar-refractivity contribution is 0.194. The molecule has 0 saturated carbocycles. The van der Waals surface area contributed by atoms with Crippen LogP contribution in [0.3, 0.4) is 0 Å². The summed E-state index contributed by atoms with van der Waals surface area (Å²) in [5, 5.41) is 3.44. The fraction of sp³-hybridized carbons (Fsp3) is 0.368. The number of nitrogens with one attached hydrogen (secondary N) is 1. The molecule has 0 amide bonds. The second-order valence-corrected chi connectivity index (χ2v) is 7.69. The number of nitrogens with zero attached hydrogens (tertiary/aromatic N) is 1. The van der Waals surface area contributed by atoms with Crippen LogP contribution in [-0.4, -0.2) is 37.7 Å². The van der Waals surface area contributed by atoms with E-state index in [0.29, 0.717) is 6.61 Å². The van der Waals surface area contributed by atoms with E-state index in [1.165, 1.54) is 11.1 Å². The van der Waals surface area contributed by atoms with Crippen LogP contribution < -0.4 is 10.1 Å². The van der Waals surface area contributed by atoms with Gasteiger partial charge >= 0.3 is 0 Å². The van der Waals surface area contributed by atoms with Gasteiger partial charge in [0.15, 0.2) is 0 Å². The Morgan fingerprint density at radius 1 is 1.04 bits per heavy atom.